The van der Waals surface area contributed by atoms with Gasteiger partial charge < -0.3 is 0 Å². The molecule has 7 rings (SSSR count). The van der Waals surface area contributed by atoms with Crippen molar-refractivity contribution in [1.29, 1.82) is 0 Å². The number of rotatable bonds is 4. The smallest absolute Gasteiger partial charge is 0.00984 e. The Bertz CT molecular complexity index is 1790. The summed E-state index contributed by atoms with van der Waals surface area (Å²) in [6, 6.07) is 29.3. The number of fused-ring (bicyclic) bond motifs is 9. The molecule has 0 saturated carbocycles. The van der Waals surface area contributed by atoms with Crippen molar-refractivity contribution in [2.24, 2.45) is 5.92 Å². The number of hydrogen-bond donors (Lipinski definition) is 0. The maximum absolute atomic E-state index is 4.35. The topological polar surface area (TPSA) is 0 Å². The molecule has 0 aliphatic heterocycles. The van der Waals surface area contributed by atoms with Gasteiger partial charge in [0.25, 0.3) is 0 Å². The van der Waals surface area contributed by atoms with E-state index in [1.807, 2.05) is 0 Å². The minimum absolute atomic E-state index is 0.000572. The summed E-state index contributed by atoms with van der Waals surface area (Å²) >= 11 is 0. The van der Waals surface area contributed by atoms with E-state index in [0.717, 1.165) is 19.3 Å². The summed E-state index contributed by atoms with van der Waals surface area (Å²) < 4.78 is 0. The zero-order chi connectivity index (χ0) is 25.9. The summed E-state index contributed by atoms with van der Waals surface area (Å²) in [5.74, 6) is 0.646. The highest BCUT2D eigenvalue weighted by molar-refractivity contribution is 6.12. The summed E-state index contributed by atoms with van der Waals surface area (Å²) in [4.78, 5) is 0. The van der Waals surface area contributed by atoms with E-state index in [0.29, 0.717) is 11.8 Å². The molecule has 0 saturated heterocycles. The normalized spacial score (nSPS) is 19.8. The lowest BCUT2D eigenvalue weighted by molar-refractivity contribution is 0.399. The van der Waals surface area contributed by atoms with Gasteiger partial charge in [0.05, 0.1) is 0 Å². The van der Waals surface area contributed by atoms with Crippen LogP contribution in [0.5, 0.6) is 0 Å². The molecule has 0 radical (unpaired) electrons. The molecule has 38 heavy (non-hydrogen) atoms. The third-order valence-corrected chi connectivity index (χ3v) is 9.24. The van der Waals surface area contributed by atoms with Crippen LogP contribution in [0.1, 0.15) is 54.0 Å². The predicted octanol–water partition coefficient (Wildman–Crippen LogP) is 10.1. The molecule has 0 spiro atoms. The lowest BCUT2D eigenvalue weighted by Crippen LogP contribution is -2.24. The quantitative estimate of drug-likeness (QED) is 0.174. The van der Waals surface area contributed by atoms with E-state index in [4.69, 9.17) is 0 Å². The van der Waals surface area contributed by atoms with Gasteiger partial charge >= 0.3 is 0 Å². The van der Waals surface area contributed by atoms with Crippen LogP contribution in [0, 0.1) is 5.92 Å². The Morgan fingerprint density at radius 2 is 1.50 bits per heavy atom. The fourth-order valence-electron chi connectivity index (χ4n) is 7.58. The molecule has 0 heteroatoms. The van der Waals surface area contributed by atoms with Gasteiger partial charge in [-0.3, -0.25) is 0 Å². The predicted molar refractivity (Wildman–Crippen MR) is 165 cm³/mol. The van der Waals surface area contributed by atoms with Gasteiger partial charge in [-0.05, 0) is 90.7 Å². The molecule has 2 atom stereocenters. The second kappa shape index (κ2) is 8.84. The molecule has 2 aliphatic rings. The fraction of sp³-hybridized carbons (Fsp3) is 0.211. The molecule has 0 bridgehead atoms. The molecule has 2 unspecified atom stereocenters. The first-order valence-electron chi connectivity index (χ1n) is 14.0. The van der Waals surface area contributed by atoms with Crippen LogP contribution >= 0.6 is 0 Å². The van der Waals surface area contributed by atoms with E-state index >= 15 is 0 Å². The van der Waals surface area contributed by atoms with Gasteiger partial charge in [0.2, 0.25) is 0 Å². The van der Waals surface area contributed by atoms with Crippen LogP contribution in [0.15, 0.2) is 110 Å². The van der Waals surface area contributed by atoms with Gasteiger partial charge in [-0.15, -0.1) is 6.58 Å². The van der Waals surface area contributed by atoms with Gasteiger partial charge in [0.1, 0.15) is 0 Å². The van der Waals surface area contributed by atoms with Gasteiger partial charge in [0, 0.05) is 5.92 Å². The highest BCUT2D eigenvalue weighted by Gasteiger charge is 2.45. The number of aryl methyl sites for hydroxylation is 1. The molecule has 5 aromatic carbocycles. The van der Waals surface area contributed by atoms with E-state index in [1.165, 1.54) is 60.1 Å². The largest absolute Gasteiger partial charge is 0.103 e. The highest BCUT2D eigenvalue weighted by atomic mass is 14.5. The van der Waals surface area contributed by atoms with Crippen molar-refractivity contribution in [3.63, 3.8) is 0 Å². The van der Waals surface area contributed by atoms with Gasteiger partial charge in [-0.1, -0.05) is 123 Å². The van der Waals surface area contributed by atoms with Gasteiger partial charge in [0.15, 0.2) is 0 Å². The highest BCUT2D eigenvalue weighted by Crippen LogP contribution is 2.56. The van der Waals surface area contributed by atoms with Crippen LogP contribution in [-0.4, -0.2) is 0 Å². The van der Waals surface area contributed by atoms with Crippen molar-refractivity contribution < 1.29 is 0 Å². The lowest BCUT2D eigenvalue weighted by Gasteiger charge is -2.28. The van der Waals surface area contributed by atoms with Crippen LogP contribution in [0.4, 0.5) is 0 Å². The van der Waals surface area contributed by atoms with Crippen molar-refractivity contribution in [1.82, 2.24) is 0 Å². The minimum Gasteiger partial charge on any atom is -0.103 e. The van der Waals surface area contributed by atoms with E-state index < -0.39 is 0 Å². The lowest BCUT2D eigenvalue weighted by atomic mass is 9.75. The van der Waals surface area contributed by atoms with Crippen molar-refractivity contribution in [3.8, 4) is 0 Å². The maximum atomic E-state index is 4.35. The first kappa shape index (κ1) is 23.2. The Morgan fingerprint density at radius 3 is 2.26 bits per heavy atom. The van der Waals surface area contributed by atoms with Crippen LogP contribution in [0.2, 0.25) is 0 Å². The molecule has 0 aromatic heterocycles. The van der Waals surface area contributed by atoms with E-state index in [1.54, 1.807) is 0 Å². The third kappa shape index (κ3) is 3.36. The zero-order valence-corrected chi connectivity index (χ0v) is 22.4. The average molecular weight is 491 g/mol. The van der Waals surface area contributed by atoms with Crippen molar-refractivity contribution in [2.75, 3.05) is 0 Å². The Hall–Kier alpha value is -3.90. The van der Waals surface area contributed by atoms with Crippen LogP contribution < -0.4 is 0 Å². The first-order chi connectivity index (χ1) is 18.6. The molecule has 0 amide bonds. The first-order valence-corrected chi connectivity index (χ1v) is 14.0. The molecule has 0 N–H and O–H groups in total. The molecule has 0 heterocycles. The molecule has 5 aromatic rings. The van der Waals surface area contributed by atoms with Crippen molar-refractivity contribution >= 4 is 38.4 Å². The Kier molecular flexibility index (Phi) is 5.41. The van der Waals surface area contributed by atoms with Crippen LogP contribution in [0.25, 0.3) is 38.4 Å². The zero-order valence-electron chi connectivity index (χ0n) is 22.4. The van der Waals surface area contributed by atoms with Crippen molar-refractivity contribution in [3.05, 3.63) is 138 Å². The Morgan fingerprint density at radius 1 is 0.842 bits per heavy atom. The minimum atomic E-state index is 0.000572. The summed E-state index contributed by atoms with van der Waals surface area (Å²) in [5.41, 5.74) is 7.37. The summed E-state index contributed by atoms with van der Waals surface area (Å²) in [7, 11) is 0. The Balaban J connectivity index is 1.38. The van der Waals surface area contributed by atoms with Gasteiger partial charge in [-0.25, -0.2) is 0 Å². The number of allylic oxidation sites excluding steroid dienone is 4. The summed E-state index contributed by atoms with van der Waals surface area (Å²) in [6.07, 6.45) is 15.0. The summed E-state index contributed by atoms with van der Waals surface area (Å²) in [6.45, 7) is 9.18. The molecule has 0 nitrogen and oxygen atoms in total. The molecule has 2 aliphatic carbocycles. The van der Waals surface area contributed by atoms with Crippen LogP contribution in [-0.2, 0) is 18.3 Å². The molecular formula is C38H34. The summed E-state index contributed by atoms with van der Waals surface area (Å²) in [5, 5.41) is 8.27. The molecular weight excluding hydrogens is 456 g/mol. The van der Waals surface area contributed by atoms with Crippen molar-refractivity contribution in [2.45, 2.75) is 44.4 Å². The molecule has 186 valence electrons. The van der Waals surface area contributed by atoms with E-state index in [-0.39, 0.29) is 5.41 Å². The maximum Gasteiger partial charge on any atom is 0.00984 e. The Labute approximate surface area is 226 Å². The SMILES string of the molecule is C=CC1C(/C=C\Cc2cc3ccccc3c3c2C=CCC3)c2c(c3ccccc3c3ccccc23)C1(C)C. The number of hydrogen-bond acceptors (Lipinski definition) is 0. The second-order valence-corrected chi connectivity index (χ2v) is 11.6. The standard InChI is InChI=1S/C38H34/c1-4-35-34(23-13-15-26-24-25-14-5-6-16-27(25)29-18-8-7-17-28(26)29)36-32-21-11-9-19-30(32)31-20-10-12-22-33(31)37(36)38(35,2)3/h4-7,9-14,16-17,19-24,34-35H,1,8,15,18H2,2-3H3/b23-13-. The van der Waals surface area contributed by atoms with Crippen LogP contribution in [0.3, 0.4) is 0 Å². The fourth-order valence-corrected chi connectivity index (χ4v) is 7.58. The van der Waals surface area contributed by atoms with E-state index in [2.05, 4.69) is 130 Å². The average Bonchev–Trinajstić information content (AvgIpc) is 3.19. The third-order valence-electron chi connectivity index (χ3n) is 9.24. The monoisotopic (exact) mass is 490 g/mol. The van der Waals surface area contributed by atoms with E-state index in [9.17, 15) is 0 Å². The van der Waals surface area contributed by atoms with Gasteiger partial charge in [-0.2, -0.15) is 0 Å². The second-order valence-electron chi connectivity index (χ2n) is 11.6. The number of benzene rings is 5. The molecule has 0 fully saturated rings.